The maximum absolute atomic E-state index is 12.2. The first-order chi connectivity index (χ1) is 8.13. The summed E-state index contributed by atoms with van der Waals surface area (Å²) in [5, 5.41) is 3.32. The molecule has 4 heteroatoms. The number of carbonyl (C=O) groups excluding carboxylic acids is 1. The van der Waals surface area contributed by atoms with Crippen LogP contribution in [0.2, 0.25) is 0 Å². The Morgan fingerprint density at radius 2 is 2.12 bits per heavy atom. The van der Waals surface area contributed by atoms with Crippen molar-refractivity contribution in [2.75, 3.05) is 45.8 Å². The Labute approximate surface area is 105 Å². The van der Waals surface area contributed by atoms with Gasteiger partial charge in [0.25, 0.3) is 0 Å². The molecule has 0 radical (unpaired) electrons. The molecule has 0 saturated carbocycles. The van der Waals surface area contributed by atoms with Gasteiger partial charge in [0.1, 0.15) is 0 Å². The molecule has 0 aromatic carbocycles. The van der Waals surface area contributed by atoms with Crippen LogP contribution in [0.1, 0.15) is 27.2 Å². The zero-order valence-corrected chi connectivity index (χ0v) is 11.5. The number of nitrogens with zero attached hydrogens (tertiary/aromatic N) is 2. The van der Waals surface area contributed by atoms with Gasteiger partial charge in [-0.05, 0) is 25.4 Å². The lowest BCUT2D eigenvalue weighted by Crippen LogP contribution is -2.42. The molecule has 0 atom stereocenters. The number of hydrogen-bond donors (Lipinski definition) is 1. The fourth-order valence-corrected chi connectivity index (χ4v) is 2.21. The molecule has 0 aliphatic carbocycles. The smallest absolute Gasteiger partial charge is 0.236 e. The quantitative estimate of drug-likeness (QED) is 0.773. The van der Waals surface area contributed by atoms with E-state index in [1.54, 1.807) is 0 Å². The van der Waals surface area contributed by atoms with Gasteiger partial charge in [0.15, 0.2) is 0 Å². The van der Waals surface area contributed by atoms with Crippen LogP contribution < -0.4 is 5.32 Å². The summed E-state index contributed by atoms with van der Waals surface area (Å²) in [6, 6.07) is 0. The van der Waals surface area contributed by atoms with E-state index in [1.807, 2.05) is 4.90 Å². The molecule has 1 heterocycles. The van der Waals surface area contributed by atoms with E-state index in [0.29, 0.717) is 12.5 Å². The predicted molar refractivity (Wildman–Crippen MR) is 71.0 cm³/mol. The fourth-order valence-electron chi connectivity index (χ4n) is 2.21. The Morgan fingerprint density at radius 3 is 2.76 bits per heavy atom. The summed E-state index contributed by atoms with van der Waals surface area (Å²) < 4.78 is 0. The van der Waals surface area contributed by atoms with Crippen molar-refractivity contribution < 1.29 is 4.79 Å². The molecule has 1 saturated heterocycles. The minimum Gasteiger partial charge on any atom is -0.340 e. The highest BCUT2D eigenvalue weighted by molar-refractivity contribution is 5.78. The molecule has 0 aromatic heterocycles. The van der Waals surface area contributed by atoms with Gasteiger partial charge in [-0.15, -0.1) is 0 Å². The largest absolute Gasteiger partial charge is 0.340 e. The highest BCUT2D eigenvalue weighted by Crippen LogP contribution is 2.02. The van der Waals surface area contributed by atoms with Crippen molar-refractivity contribution in [3.63, 3.8) is 0 Å². The third kappa shape index (κ3) is 5.50. The van der Waals surface area contributed by atoms with Crippen molar-refractivity contribution in [2.24, 2.45) is 5.92 Å². The average molecular weight is 241 g/mol. The molecule has 0 aromatic rings. The van der Waals surface area contributed by atoms with Gasteiger partial charge < -0.3 is 10.2 Å². The molecule has 4 nitrogen and oxygen atoms in total. The zero-order valence-electron chi connectivity index (χ0n) is 11.5. The van der Waals surface area contributed by atoms with E-state index in [2.05, 4.69) is 31.0 Å². The van der Waals surface area contributed by atoms with Gasteiger partial charge in [-0.3, -0.25) is 9.69 Å². The van der Waals surface area contributed by atoms with E-state index in [1.165, 1.54) is 0 Å². The van der Waals surface area contributed by atoms with Gasteiger partial charge in [-0.2, -0.15) is 0 Å². The molecule has 1 N–H and O–H groups in total. The van der Waals surface area contributed by atoms with E-state index in [4.69, 9.17) is 0 Å². The molecule has 1 fully saturated rings. The van der Waals surface area contributed by atoms with Crippen LogP contribution in [0.5, 0.6) is 0 Å². The molecule has 0 spiro atoms. The second kappa shape index (κ2) is 7.67. The maximum atomic E-state index is 12.2. The van der Waals surface area contributed by atoms with E-state index >= 15 is 0 Å². The Hall–Kier alpha value is -0.610. The molecular formula is C13H27N3O. The molecule has 1 rings (SSSR count). The highest BCUT2D eigenvalue weighted by atomic mass is 16.2. The summed E-state index contributed by atoms with van der Waals surface area (Å²) in [6.07, 6.45) is 1.07. The van der Waals surface area contributed by atoms with Crippen molar-refractivity contribution in [3.8, 4) is 0 Å². The van der Waals surface area contributed by atoms with Crippen LogP contribution in [-0.4, -0.2) is 61.5 Å². The standard InChI is InChI=1S/C13H27N3O/c1-4-15(10-12(2)3)11-13(17)16-8-5-6-14-7-9-16/h12,14H,4-11H2,1-3H3. The highest BCUT2D eigenvalue weighted by Gasteiger charge is 2.17. The molecule has 0 bridgehead atoms. The number of hydrogen-bond acceptors (Lipinski definition) is 3. The van der Waals surface area contributed by atoms with Gasteiger partial charge in [-0.25, -0.2) is 0 Å². The van der Waals surface area contributed by atoms with Gasteiger partial charge in [-0.1, -0.05) is 20.8 Å². The Morgan fingerprint density at radius 1 is 1.35 bits per heavy atom. The Kier molecular flexibility index (Phi) is 6.52. The first kappa shape index (κ1) is 14.5. The normalized spacial score (nSPS) is 17.6. The topological polar surface area (TPSA) is 35.6 Å². The van der Waals surface area contributed by atoms with Crippen LogP contribution in [0.15, 0.2) is 0 Å². The number of rotatable bonds is 5. The van der Waals surface area contributed by atoms with E-state index in [0.717, 1.165) is 45.7 Å². The molecular weight excluding hydrogens is 214 g/mol. The van der Waals surface area contributed by atoms with E-state index in [9.17, 15) is 4.79 Å². The van der Waals surface area contributed by atoms with Crippen molar-refractivity contribution in [1.82, 2.24) is 15.1 Å². The van der Waals surface area contributed by atoms with Crippen LogP contribution in [0.25, 0.3) is 0 Å². The summed E-state index contributed by atoms with van der Waals surface area (Å²) in [4.78, 5) is 16.4. The molecule has 1 aliphatic rings. The lowest BCUT2D eigenvalue weighted by molar-refractivity contribution is -0.132. The second-order valence-electron chi connectivity index (χ2n) is 5.21. The SMILES string of the molecule is CCN(CC(=O)N1CCCNCC1)CC(C)C. The van der Waals surface area contributed by atoms with Crippen LogP contribution in [-0.2, 0) is 4.79 Å². The predicted octanol–water partition coefficient (Wildman–Crippen LogP) is 0.786. The van der Waals surface area contributed by atoms with Crippen molar-refractivity contribution in [1.29, 1.82) is 0 Å². The molecule has 100 valence electrons. The van der Waals surface area contributed by atoms with Crippen molar-refractivity contribution in [2.45, 2.75) is 27.2 Å². The lowest BCUT2D eigenvalue weighted by Gasteiger charge is -2.26. The van der Waals surface area contributed by atoms with Gasteiger partial charge in [0.05, 0.1) is 6.54 Å². The number of carbonyl (C=O) groups is 1. The third-order valence-corrected chi connectivity index (χ3v) is 3.12. The Balaban J connectivity index is 2.39. The maximum Gasteiger partial charge on any atom is 0.236 e. The summed E-state index contributed by atoms with van der Waals surface area (Å²) >= 11 is 0. The first-order valence-electron chi connectivity index (χ1n) is 6.84. The van der Waals surface area contributed by atoms with Crippen LogP contribution in [0.3, 0.4) is 0 Å². The summed E-state index contributed by atoms with van der Waals surface area (Å²) in [7, 11) is 0. The fraction of sp³-hybridized carbons (Fsp3) is 0.923. The summed E-state index contributed by atoms with van der Waals surface area (Å²) in [6.45, 7) is 12.8. The van der Waals surface area contributed by atoms with Crippen LogP contribution >= 0.6 is 0 Å². The van der Waals surface area contributed by atoms with Gasteiger partial charge >= 0.3 is 0 Å². The first-order valence-corrected chi connectivity index (χ1v) is 6.84. The molecule has 0 unspecified atom stereocenters. The van der Waals surface area contributed by atoms with Gasteiger partial charge in [0, 0.05) is 26.2 Å². The average Bonchev–Trinajstić information content (AvgIpc) is 2.55. The summed E-state index contributed by atoms with van der Waals surface area (Å²) in [5.74, 6) is 0.907. The lowest BCUT2D eigenvalue weighted by atomic mass is 10.2. The Bertz CT molecular complexity index is 223. The molecule has 1 amide bonds. The minimum absolute atomic E-state index is 0.288. The number of likely N-dealkylation sites (N-methyl/N-ethyl adjacent to an activating group) is 1. The van der Waals surface area contributed by atoms with Crippen molar-refractivity contribution >= 4 is 5.91 Å². The van der Waals surface area contributed by atoms with Crippen LogP contribution in [0, 0.1) is 5.92 Å². The monoisotopic (exact) mass is 241 g/mol. The molecule has 1 aliphatic heterocycles. The number of amides is 1. The van der Waals surface area contributed by atoms with Gasteiger partial charge in [0.2, 0.25) is 5.91 Å². The summed E-state index contributed by atoms with van der Waals surface area (Å²) in [5.41, 5.74) is 0. The van der Waals surface area contributed by atoms with Crippen molar-refractivity contribution in [3.05, 3.63) is 0 Å². The van der Waals surface area contributed by atoms with E-state index < -0.39 is 0 Å². The van der Waals surface area contributed by atoms with Crippen LogP contribution in [0.4, 0.5) is 0 Å². The second-order valence-corrected chi connectivity index (χ2v) is 5.21. The minimum atomic E-state index is 0.288. The molecule has 17 heavy (non-hydrogen) atoms. The number of nitrogens with one attached hydrogen (secondary N) is 1. The third-order valence-electron chi connectivity index (χ3n) is 3.12. The van der Waals surface area contributed by atoms with E-state index in [-0.39, 0.29) is 5.91 Å². The zero-order chi connectivity index (χ0) is 12.7.